The Morgan fingerprint density at radius 1 is 1.26 bits per heavy atom. The van der Waals surface area contributed by atoms with Gasteiger partial charge in [0.2, 0.25) is 0 Å². The Morgan fingerprint density at radius 2 is 2.00 bits per heavy atom. The highest BCUT2D eigenvalue weighted by Gasteiger charge is 2.76. The molecule has 2 bridgehead atoms. The average Bonchev–Trinajstić information content (AvgIpc) is 2.95. The fourth-order valence-electron chi connectivity index (χ4n) is 5.52. The largest absolute Gasteiger partial charge is 0.477 e. The lowest BCUT2D eigenvalue weighted by molar-refractivity contribution is -0.257. The minimum absolute atomic E-state index is 0.0619. The van der Waals surface area contributed by atoms with Crippen molar-refractivity contribution in [2.24, 2.45) is 11.3 Å². The predicted octanol–water partition coefficient (Wildman–Crippen LogP) is 5.66. The number of benzene rings is 1. The second-order valence-electron chi connectivity index (χ2n) is 9.08. The Labute approximate surface area is 163 Å². The standard InChI is InChI=1S/C20H25BClF3O2/c1-17(2)15-9-10-18(3)19(17,12-15)27-21(26-18)16(22)8-7-13-5-4-6-14(11-13)20(23,24)25/h4-6,11,15-16H,7-10,12H2,1-3H3/t15?,16-,18?,19?/m1/s1. The van der Waals surface area contributed by atoms with Crippen LogP contribution in [0.4, 0.5) is 13.2 Å². The summed E-state index contributed by atoms with van der Waals surface area (Å²) in [5.74, 6) is 0.659. The van der Waals surface area contributed by atoms with Crippen LogP contribution in [0.15, 0.2) is 24.3 Å². The number of halogens is 4. The van der Waals surface area contributed by atoms with Crippen LogP contribution in [0.2, 0.25) is 0 Å². The first kappa shape index (κ1) is 19.6. The highest BCUT2D eigenvalue weighted by molar-refractivity contribution is 6.60. The third-order valence-electron chi connectivity index (χ3n) is 7.37. The molecule has 5 rings (SSSR count). The van der Waals surface area contributed by atoms with E-state index in [9.17, 15) is 13.2 Å². The molecular formula is C20H25BClF3O2. The van der Waals surface area contributed by atoms with E-state index < -0.39 is 24.1 Å². The van der Waals surface area contributed by atoms with Crippen molar-refractivity contribution in [1.29, 1.82) is 0 Å². The molecule has 1 aromatic carbocycles. The fraction of sp³-hybridized carbons (Fsp3) is 0.700. The normalized spacial score (nSPS) is 35.5. The zero-order chi connectivity index (χ0) is 19.7. The quantitative estimate of drug-likeness (QED) is 0.480. The first-order valence-electron chi connectivity index (χ1n) is 9.64. The monoisotopic (exact) mass is 400 g/mol. The van der Waals surface area contributed by atoms with Crippen molar-refractivity contribution < 1.29 is 22.5 Å². The highest BCUT2D eigenvalue weighted by Crippen LogP contribution is 2.70. The Morgan fingerprint density at radius 3 is 2.63 bits per heavy atom. The van der Waals surface area contributed by atoms with E-state index in [1.807, 2.05) is 0 Å². The molecule has 3 saturated carbocycles. The molecule has 7 heteroatoms. The summed E-state index contributed by atoms with van der Waals surface area (Å²) in [6.45, 7) is 6.62. The van der Waals surface area contributed by atoms with Crippen LogP contribution in [0, 0.1) is 11.3 Å². The molecule has 27 heavy (non-hydrogen) atoms. The number of fused-ring (bicyclic) bond motifs is 1. The number of alkyl halides is 4. The third kappa shape index (κ3) is 2.86. The van der Waals surface area contributed by atoms with Crippen molar-refractivity contribution in [1.82, 2.24) is 0 Å². The maximum Gasteiger partial charge on any atom is 0.477 e. The smallest absolute Gasteiger partial charge is 0.402 e. The van der Waals surface area contributed by atoms with Gasteiger partial charge in [0, 0.05) is 0 Å². The van der Waals surface area contributed by atoms with E-state index in [2.05, 4.69) is 20.8 Å². The van der Waals surface area contributed by atoms with E-state index in [0.717, 1.165) is 25.3 Å². The molecule has 0 amide bonds. The molecule has 4 atom stereocenters. The number of rotatable bonds is 4. The van der Waals surface area contributed by atoms with E-state index in [1.165, 1.54) is 12.1 Å². The van der Waals surface area contributed by atoms with Gasteiger partial charge in [0.15, 0.2) is 0 Å². The van der Waals surface area contributed by atoms with E-state index in [-0.39, 0.29) is 16.6 Å². The lowest BCUT2D eigenvalue weighted by Crippen LogP contribution is -2.73. The molecule has 4 aliphatic rings. The van der Waals surface area contributed by atoms with E-state index in [1.54, 1.807) is 6.07 Å². The van der Waals surface area contributed by atoms with Gasteiger partial charge >= 0.3 is 13.3 Å². The van der Waals surface area contributed by atoms with Gasteiger partial charge in [-0.05, 0) is 62.0 Å². The lowest BCUT2D eigenvalue weighted by atomic mass is 9.41. The molecule has 1 spiro atoms. The Hall–Kier alpha value is -0.715. The maximum atomic E-state index is 12.9. The van der Waals surface area contributed by atoms with Crippen molar-refractivity contribution in [2.45, 2.75) is 75.5 Å². The molecule has 0 aromatic heterocycles. The second kappa shape index (κ2) is 6.14. The zero-order valence-corrected chi connectivity index (χ0v) is 16.7. The SMILES string of the molecule is CC12CCC3CC1(OB([C@H](Cl)CCc1cccc(C(F)(F)F)c1)O2)C3(C)C. The van der Waals surface area contributed by atoms with Gasteiger partial charge in [-0.15, -0.1) is 11.6 Å². The van der Waals surface area contributed by atoms with Gasteiger partial charge in [0.05, 0.1) is 22.0 Å². The van der Waals surface area contributed by atoms with Crippen LogP contribution in [-0.2, 0) is 21.9 Å². The van der Waals surface area contributed by atoms with Gasteiger partial charge in [0.1, 0.15) is 0 Å². The van der Waals surface area contributed by atoms with Crippen LogP contribution < -0.4 is 0 Å². The topological polar surface area (TPSA) is 18.5 Å². The molecule has 1 aliphatic heterocycles. The maximum absolute atomic E-state index is 12.9. The van der Waals surface area contributed by atoms with Gasteiger partial charge in [-0.2, -0.15) is 13.2 Å². The van der Waals surface area contributed by atoms with E-state index in [0.29, 0.717) is 24.3 Å². The molecular weight excluding hydrogens is 375 g/mol. The van der Waals surface area contributed by atoms with Crippen molar-refractivity contribution in [3.05, 3.63) is 35.4 Å². The Bertz CT molecular complexity index is 740. The molecule has 0 radical (unpaired) electrons. The minimum atomic E-state index is -4.33. The molecule has 1 saturated heterocycles. The zero-order valence-electron chi connectivity index (χ0n) is 15.9. The number of hydrogen-bond acceptors (Lipinski definition) is 2. The molecule has 4 fully saturated rings. The van der Waals surface area contributed by atoms with Crippen LogP contribution in [0.5, 0.6) is 0 Å². The van der Waals surface area contributed by atoms with Gasteiger partial charge in [-0.1, -0.05) is 32.0 Å². The van der Waals surface area contributed by atoms with Gasteiger partial charge in [0.25, 0.3) is 0 Å². The van der Waals surface area contributed by atoms with Crippen LogP contribution >= 0.6 is 11.6 Å². The summed E-state index contributed by atoms with van der Waals surface area (Å²) in [7, 11) is -0.513. The van der Waals surface area contributed by atoms with Crippen LogP contribution in [-0.4, -0.2) is 23.6 Å². The summed E-state index contributed by atoms with van der Waals surface area (Å²) < 4.78 is 51.4. The summed E-state index contributed by atoms with van der Waals surface area (Å²) in [6, 6.07) is 5.42. The molecule has 1 aromatic rings. The minimum Gasteiger partial charge on any atom is -0.402 e. The van der Waals surface area contributed by atoms with Crippen LogP contribution in [0.25, 0.3) is 0 Å². The number of aryl methyl sites for hydroxylation is 1. The number of hydrogen-bond donors (Lipinski definition) is 0. The first-order valence-corrected chi connectivity index (χ1v) is 10.1. The summed E-state index contributed by atoms with van der Waals surface area (Å²) in [5, 5.41) is -0.397. The average molecular weight is 401 g/mol. The fourth-order valence-corrected chi connectivity index (χ4v) is 5.74. The third-order valence-corrected chi connectivity index (χ3v) is 7.80. The summed E-state index contributed by atoms with van der Waals surface area (Å²) in [4.78, 5) is 0. The summed E-state index contributed by atoms with van der Waals surface area (Å²) in [6.07, 6.45) is -0.262. The first-order chi connectivity index (χ1) is 12.5. The van der Waals surface area contributed by atoms with Gasteiger partial charge in [-0.25, -0.2) is 0 Å². The predicted molar refractivity (Wildman–Crippen MR) is 99.6 cm³/mol. The van der Waals surface area contributed by atoms with Crippen molar-refractivity contribution in [3.63, 3.8) is 0 Å². The Kier molecular flexibility index (Phi) is 4.46. The van der Waals surface area contributed by atoms with E-state index in [4.69, 9.17) is 20.9 Å². The van der Waals surface area contributed by atoms with E-state index >= 15 is 0 Å². The Balaban J connectivity index is 1.43. The summed E-state index contributed by atoms with van der Waals surface area (Å²) in [5.41, 5.74) is -0.568. The van der Waals surface area contributed by atoms with Crippen molar-refractivity contribution in [2.75, 3.05) is 0 Å². The highest BCUT2D eigenvalue weighted by atomic mass is 35.5. The van der Waals surface area contributed by atoms with Crippen molar-refractivity contribution >= 4 is 18.7 Å². The van der Waals surface area contributed by atoms with Gasteiger partial charge < -0.3 is 9.31 Å². The van der Waals surface area contributed by atoms with Gasteiger partial charge in [-0.3, -0.25) is 0 Å². The summed E-state index contributed by atoms with van der Waals surface area (Å²) >= 11 is 6.59. The molecule has 3 unspecified atom stereocenters. The lowest BCUT2D eigenvalue weighted by Gasteiger charge is -2.69. The molecule has 0 N–H and O–H groups in total. The molecule has 1 heterocycles. The molecule has 2 nitrogen and oxygen atoms in total. The molecule has 3 aliphatic carbocycles. The van der Waals surface area contributed by atoms with Crippen LogP contribution in [0.3, 0.4) is 0 Å². The molecule has 148 valence electrons. The second-order valence-corrected chi connectivity index (χ2v) is 9.64. The van der Waals surface area contributed by atoms with Crippen LogP contribution in [0.1, 0.15) is 57.6 Å². The van der Waals surface area contributed by atoms with Crippen molar-refractivity contribution in [3.8, 4) is 0 Å².